The van der Waals surface area contributed by atoms with E-state index < -0.39 is 6.10 Å². The van der Waals surface area contributed by atoms with Gasteiger partial charge in [0.05, 0.1) is 6.10 Å². The molecular formula is C15H21NO2. The summed E-state index contributed by atoms with van der Waals surface area (Å²) in [5, 5.41) is 9.75. The predicted octanol–water partition coefficient (Wildman–Crippen LogP) is 2.29. The first-order valence-electron chi connectivity index (χ1n) is 6.38. The normalized spacial score (nSPS) is 22.3. The van der Waals surface area contributed by atoms with Gasteiger partial charge in [-0.05, 0) is 45.7 Å². The van der Waals surface area contributed by atoms with Gasteiger partial charge in [-0.25, -0.2) is 0 Å². The van der Waals surface area contributed by atoms with Gasteiger partial charge in [0.2, 0.25) is 0 Å². The Morgan fingerprint density at radius 1 is 1.39 bits per heavy atom. The molecule has 1 heterocycles. The lowest BCUT2D eigenvalue weighted by Crippen LogP contribution is -2.43. The van der Waals surface area contributed by atoms with E-state index in [0.29, 0.717) is 13.0 Å². The Morgan fingerprint density at radius 3 is 2.56 bits per heavy atom. The zero-order valence-electron chi connectivity index (χ0n) is 11.5. The SMILES string of the molecule is Cc1ccc(C(=O)N2CC(O)CC2(C)C)c(C)c1. The summed E-state index contributed by atoms with van der Waals surface area (Å²) in [6.45, 7) is 8.42. The highest BCUT2D eigenvalue weighted by molar-refractivity contribution is 5.96. The molecule has 0 bridgehead atoms. The van der Waals surface area contributed by atoms with Gasteiger partial charge in [-0.3, -0.25) is 4.79 Å². The number of carbonyl (C=O) groups excluding carboxylic acids is 1. The molecule has 1 atom stereocenters. The summed E-state index contributed by atoms with van der Waals surface area (Å²) in [6.07, 6.45) is 0.235. The van der Waals surface area contributed by atoms with Crippen LogP contribution in [0.5, 0.6) is 0 Å². The number of carbonyl (C=O) groups is 1. The van der Waals surface area contributed by atoms with E-state index in [1.54, 1.807) is 4.90 Å². The van der Waals surface area contributed by atoms with Crippen molar-refractivity contribution in [3.05, 3.63) is 34.9 Å². The number of amides is 1. The van der Waals surface area contributed by atoms with Crippen molar-refractivity contribution in [2.75, 3.05) is 6.54 Å². The summed E-state index contributed by atoms with van der Waals surface area (Å²) in [6, 6.07) is 5.86. The lowest BCUT2D eigenvalue weighted by atomic mass is 9.99. The van der Waals surface area contributed by atoms with Crippen LogP contribution in [-0.4, -0.2) is 34.1 Å². The minimum Gasteiger partial charge on any atom is -0.391 e. The number of benzene rings is 1. The Labute approximate surface area is 108 Å². The van der Waals surface area contributed by atoms with E-state index in [1.807, 2.05) is 45.9 Å². The second kappa shape index (κ2) is 4.39. The summed E-state index contributed by atoms with van der Waals surface area (Å²) in [5.74, 6) is 0.0223. The van der Waals surface area contributed by atoms with Crippen LogP contribution >= 0.6 is 0 Å². The molecular weight excluding hydrogens is 226 g/mol. The summed E-state index contributed by atoms with van der Waals surface area (Å²) in [5.41, 5.74) is 2.62. The van der Waals surface area contributed by atoms with Crippen LogP contribution in [0.15, 0.2) is 18.2 Å². The van der Waals surface area contributed by atoms with Crippen LogP contribution in [0.3, 0.4) is 0 Å². The molecule has 1 fully saturated rings. The molecule has 3 heteroatoms. The average Bonchev–Trinajstić information content (AvgIpc) is 2.51. The fourth-order valence-corrected chi connectivity index (χ4v) is 2.77. The second-order valence-electron chi connectivity index (χ2n) is 5.90. The van der Waals surface area contributed by atoms with E-state index in [4.69, 9.17) is 0 Å². The highest BCUT2D eigenvalue weighted by atomic mass is 16.3. The van der Waals surface area contributed by atoms with Gasteiger partial charge in [-0.15, -0.1) is 0 Å². The van der Waals surface area contributed by atoms with Crippen LogP contribution in [0.4, 0.5) is 0 Å². The van der Waals surface area contributed by atoms with Crippen molar-refractivity contribution in [1.82, 2.24) is 4.90 Å². The molecule has 1 N–H and O–H groups in total. The number of rotatable bonds is 1. The molecule has 1 aliphatic rings. The van der Waals surface area contributed by atoms with Crippen molar-refractivity contribution >= 4 is 5.91 Å². The molecule has 1 unspecified atom stereocenters. The zero-order chi connectivity index (χ0) is 13.5. The molecule has 0 radical (unpaired) electrons. The molecule has 2 rings (SSSR count). The van der Waals surface area contributed by atoms with E-state index in [1.165, 1.54) is 0 Å². The number of nitrogens with zero attached hydrogens (tertiary/aromatic N) is 1. The molecule has 0 saturated carbocycles. The van der Waals surface area contributed by atoms with Crippen LogP contribution in [0, 0.1) is 13.8 Å². The van der Waals surface area contributed by atoms with E-state index in [-0.39, 0.29) is 11.4 Å². The number of aliphatic hydroxyl groups excluding tert-OH is 1. The molecule has 1 amide bonds. The maximum absolute atomic E-state index is 12.6. The molecule has 1 aromatic carbocycles. The second-order valence-corrected chi connectivity index (χ2v) is 5.90. The Balaban J connectivity index is 2.32. The fourth-order valence-electron chi connectivity index (χ4n) is 2.77. The van der Waals surface area contributed by atoms with Crippen LogP contribution in [0.2, 0.25) is 0 Å². The summed E-state index contributed by atoms with van der Waals surface area (Å²) >= 11 is 0. The third-order valence-corrected chi connectivity index (χ3v) is 3.72. The van der Waals surface area contributed by atoms with Crippen molar-refractivity contribution < 1.29 is 9.90 Å². The van der Waals surface area contributed by atoms with Gasteiger partial charge in [-0.2, -0.15) is 0 Å². The largest absolute Gasteiger partial charge is 0.391 e. The van der Waals surface area contributed by atoms with Crippen LogP contribution in [0.25, 0.3) is 0 Å². The fraction of sp³-hybridized carbons (Fsp3) is 0.533. The van der Waals surface area contributed by atoms with Gasteiger partial charge in [0.15, 0.2) is 0 Å². The number of aryl methyl sites for hydroxylation is 2. The summed E-state index contributed by atoms with van der Waals surface area (Å²) in [7, 11) is 0. The van der Waals surface area contributed by atoms with E-state index in [2.05, 4.69) is 0 Å². The predicted molar refractivity (Wildman–Crippen MR) is 71.7 cm³/mol. The Bertz CT molecular complexity index is 479. The smallest absolute Gasteiger partial charge is 0.254 e. The molecule has 0 spiro atoms. The topological polar surface area (TPSA) is 40.5 Å². The highest BCUT2D eigenvalue weighted by Gasteiger charge is 2.40. The Kier molecular flexibility index (Phi) is 3.20. The van der Waals surface area contributed by atoms with E-state index in [9.17, 15) is 9.90 Å². The molecule has 18 heavy (non-hydrogen) atoms. The molecule has 0 aromatic heterocycles. The molecule has 3 nitrogen and oxygen atoms in total. The van der Waals surface area contributed by atoms with Gasteiger partial charge in [0.25, 0.3) is 5.91 Å². The number of β-amino-alcohol motifs (C(OH)–C–C–N with tert-alkyl or cyclic N) is 1. The van der Waals surface area contributed by atoms with Gasteiger partial charge in [0, 0.05) is 17.6 Å². The van der Waals surface area contributed by atoms with Gasteiger partial charge < -0.3 is 10.0 Å². The van der Waals surface area contributed by atoms with E-state index >= 15 is 0 Å². The summed E-state index contributed by atoms with van der Waals surface area (Å²) in [4.78, 5) is 14.3. The third kappa shape index (κ3) is 2.27. The molecule has 1 saturated heterocycles. The minimum absolute atomic E-state index is 0.0223. The average molecular weight is 247 g/mol. The van der Waals surface area contributed by atoms with Crippen LogP contribution in [-0.2, 0) is 0 Å². The first-order valence-corrected chi connectivity index (χ1v) is 6.38. The van der Waals surface area contributed by atoms with Crippen LogP contribution in [0.1, 0.15) is 41.8 Å². The number of hydrogen-bond acceptors (Lipinski definition) is 2. The number of hydrogen-bond donors (Lipinski definition) is 1. The van der Waals surface area contributed by atoms with Crippen molar-refractivity contribution in [1.29, 1.82) is 0 Å². The zero-order valence-corrected chi connectivity index (χ0v) is 11.5. The van der Waals surface area contributed by atoms with E-state index in [0.717, 1.165) is 16.7 Å². The summed E-state index contributed by atoms with van der Waals surface area (Å²) < 4.78 is 0. The van der Waals surface area contributed by atoms with Crippen molar-refractivity contribution in [3.8, 4) is 0 Å². The van der Waals surface area contributed by atoms with Gasteiger partial charge in [-0.1, -0.05) is 17.7 Å². The third-order valence-electron chi connectivity index (χ3n) is 3.72. The van der Waals surface area contributed by atoms with Crippen LogP contribution < -0.4 is 0 Å². The minimum atomic E-state index is -0.408. The molecule has 1 aliphatic heterocycles. The standard InChI is InChI=1S/C15H21NO2/c1-10-5-6-13(11(2)7-10)14(18)16-9-12(17)8-15(16,3)4/h5-7,12,17H,8-9H2,1-4H3. The van der Waals surface area contributed by atoms with Crippen molar-refractivity contribution in [3.63, 3.8) is 0 Å². The monoisotopic (exact) mass is 247 g/mol. The van der Waals surface area contributed by atoms with Gasteiger partial charge in [0.1, 0.15) is 0 Å². The first-order chi connectivity index (χ1) is 8.31. The quantitative estimate of drug-likeness (QED) is 0.827. The highest BCUT2D eigenvalue weighted by Crippen LogP contribution is 2.30. The lowest BCUT2D eigenvalue weighted by Gasteiger charge is -2.31. The van der Waals surface area contributed by atoms with Gasteiger partial charge >= 0.3 is 0 Å². The Morgan fingerprint density at radius 2 is 2.06 bits per heavy atom. The molecule has 98 valence electrons. The first kappa shape index (κ1) is 13.1. The maximum atomic E-state index is 12.6. The van der Waals surface area contributed by atoms with Crippen molar-refractivity contribution in [2.24, 2.45) is 0 Å². The molecule has 1 aromatic rings. The lowest BCUT2D eigenvalue weighted by molar-refractivity contribution is 0.0640. The molecule has 0 aliphatic carbocycles. The Hall–Kier alpha value is -1.35. The number of likely N-dealkylation sites (tertiary alicyclic amines) is 1. The maximum Gasteiger partial charge on any atom is 0.254 e. The van der Waals surface area contributed by atoms with Crippen molar-refractivity contribution in [2.45, 2.75) is 45.8 Å². The number of aliphatic hydroxyl groups is 1.